The second kappa shape index (κ2) is 2.89. The lowest BCUT2D eigenvalue weighted by Gasteiger charge is -2.05. The Morgan fingerprint density at radius 3 is 3.07 bits per heavy atom. The third-order valence-corrected chi connectivity index (χ3v) is 3.16. The molecule has 0 saturated carbocycles. The molecule has 0 spiro atoms. The van der Waals surface area contributed by atoms with Crippen LogP contribution in [0.5, 0.6) is 0 Å². The summed E-state index contributed by atoms with van der Waals surface area (Å²) in [6.07, 6.45) is 2.24. The summed E-state index contributed by atoms with van der Waals surface area (Å²) in [4.78, 5) is 4.61. The molecule has 14 heavy (non-hydrogen) atoms. The van der Waals surface area contributed by atoms with Gasteiger partial charge in [-0.1, -0.05) is 24.4 Å². The molecule has 1 aromatic carbocycles. The molecule has 1 aliphatic rings. The van der Waals surface area contributed by atoms with Crippen LogP contribution in [-0.4, -0.2) is 9.55 Å². The number of rotatable bonds is 0. The molecule has 0 unspecified atom stereocenters. The predicted octanol–water partition coefficient (Wildman–Crippen LogP) is 2.71. The molecule has 3 rings (SSSR count). The van der Waals surface area contributed by atoms with E-state index in [9.17, 15) is 0 Å². The van der Waals surface area contributed by atoms with E-state index in [4.69, 9.17) is 12.2 Å². The van der Waals surface area contributed by atoms with Crippen LogP contribution in [0.4, 0.5) is 0 Å². The molecule has 0 atom stereocenters. The standard InChI is InChI=1S/C11H10N2S/c14-11-8-4-1-2-5-9(8)12-10-6-3-7-13(10)11/h1-2,4-5H,3,6-7H2. The summed E-state index contributed by atoms with van der Waals surface area (Å²) >= 11 is 5.44. The van der Waals surface area contributed by atoms with Crippen molar-refractivity contribution in [1.82, 2.24) is 9.55 Å². The second-order valence-corrected chi connectivity index (χ2v) is 3.99. The van der Waals surface area contributed by atoms with Crippen LogP contribution in [-0.2, 0) is 13.0 Å². The van der Waals surface area contributed by atoms with Gasteiger partial charge in [-0.3, -0.25) is 0 Å². The van der Waals surface area contributed by atoms with Gasteiger partial charge in [0, 0.05) is 18.4 Å². The maximum atomic E-state index is 5.44. The third-order valence-electron chi connectivity index (χ3n) is 2.72. The van der Waals surface area contributed by atoms with Crippen molar-refractivity contribution in [3.63, 3.8) is 0 Å². The Hall–Kier alpha value is -1.22. The first-order chi connectivity index (χ1) is 6.86. The van der Waals surface area contributed by atoms with E-state index in [2.05, 4.69) is 15.6 Å². The van der Waals surface area contributed by atoms with Crippen molar-refractivity contribution < 1.29 is 0 Å². The summed E-state index contributed by atoms with van der Waals surface area (Å²) in [6.45, 7) is 1.03. The first-order valence-electron chi connectivity index (χ1n) is 4.85. The summed E-state index contributed by atoms with van der Waals surface area (Å²) in [7, 11) is 0. The normalized spacial score (nSPS) is 14.6. The predicted molar refractivity (Wildman–Crippen MR) is 58.9 cm³/mol. The molecule has 0 amide bonds. The zero-order chi connectivity index (χ0) is 9.54. The number of hydrogen-bond acceptors (Lipinski definition) is 2. The van der Waals surface area contributed by atoms with Gasteiger partial charge < -0.3 is 4.57 Å². The largest absolute Gasteiger partial charge is 0.320 e. The Morgan fingerprint density at radius 2 is 2.14 bits per heavy atom. The maximum Gasteiger partial charge on any atom is 0.116 e. The quantitative estimate of drug-likeness (QED) is 0.611. The average Bonchev–Trinajstić information content (AvgIpc) is 2.66. The van der Waals surface area contributed by atoms with Crippen LogP contribution in [0.2, 0.25) is 0 Å². The molecular formula is C11H10N2S. The SMILES string of the molecule is S=c1c2ccccc2nc2n1CCC2. The fraction of sp³-hybridized carbons (Fsp3) is 0.273. The van der Waals surface area contributed by atoms with Gasteiger partial charge in [0.25, 0.3) is 0 Å². The molecule has 0 N–H and O–H groups in total. The van der Waals surface area contributed by atoms with Gasteiger partial charge in [-0.15, -0.1) is 0 Å². The molecule has 70 valence electrons. The molecule has 0 bridgehead atoms. The van der Waals surface area contributed by atoms with Crippen LogP contribution in [0.15, 0.2) is 24.3 Å². The number of fused-ring (bicyclic) bond motifs is 2. The highest BCUT2D eigenvalue weighted by Gasteiger charge is 2.13. The zero-order valence-corrected chi connectivity index (χ0v) is 8.55. The summed E-state index contributed by atoms with van der Waals surface area (Å²) in [6, 6.07) is 8.11. The fourth-order valence-electron chi connectivity index (χ4n) is 2.03. The molecule has 0 saturated heterocycles. The average molecular weight is 202 g/mol. The van der Waals surface area contributed by atoms with Gasteiger partial charge in [0.15, 0.2) is 0 Å². The molecule has 1 aromatic heterocycles. The smallest absolute Gasteiger partial charge is 0.116 e. The van der Waals surface area contributed by atoms with Crippen molar-refractivity contribution >= 4 is 23.1 Å². The minimum atomic E-state index is 0.947. The molecular weight excluding hydrogens is 192 g/mol. The van der Waals surface area contributed by atoms with E-state index < -0.39 is 0 Å². The summed E-state index contributed by atoms with van der Waals surface area (Å²) < 4.78 is 3.11. The minimum absolute atomic E-state index is 0.947. The van der Waals surface area contributed by atoms with Crippen molar-refractivity contribution in [2.45, 2.75) is 19.4 Å². The molecule has 2 nitrogen and oxygen atoms in total. The van der Waals surface area contributed by atoms with E-state index >= 15 is 0 Å². The number of hydrogen-bond donors (Lipinski definition) is 0. The number of aromatic nitrogens is 2. The van der Waals surface area contributed by atoms with Crippen molar-refractivity contribution in [2.24, 2.45) is 0 Å². The van der Waals surface area contributed by atoms with Crippen LogP contribution in [0.25, 0.3) is 10.9 Å². The Kier molecular flexibility index (Phi) is 1.67. The summed E-state index contributed by atoms with van der Waals surface area (Å²) in [5, 5.41) is 1.10. The Bertz CT molecular complexity index is 557. The summed E-state index contributed by atoms with van der Waals surface area (Å²) in [5.74, 6) is 1.15. The Labute approximate surface area is 87.2 Å². The van der Waals surface area contributed by atoms with E-state index in [1.807, 2.05) is 18.2 Å². The fourth-order valence-corrected chi connectivity index (χ4v) is 2.40. The lowest BCUT2D eigenvalue weighted by Crippen LogP contribution is -2.01. The minimum Gasteiger partial charge on any atom is -0.320 e. The van der Waals surface area contributed by atoms with Crippen LogP contribution in [0.1, 0.15) is 12.2 Å². The number of para-hydroxylation sites is 1. The van der Waals surface area contributed by atoms with Crippen molar-refractivity contribution in [1.29, 1.82) is 0 Å². The topological polar surface area (TPSA) is 17.8 Å². The monoisotopic (exact) mass is 202 g/mol. The van der Waals surface area contributed by atoms with Crippen LogP contribution in [0, 0.1) is 4.64 Å². The third kappa shape index (κ3) is 1.02. The Morgan fingerprint density at radius 1 is 1.29 bits per heavy atom. The highest BCUT2D eigenvalue weighted by atomic mass is 32.1. The first-order valence-corrected chi connectivity index (χ1v) is 5.25. The highest BCUT2D eigenvalue weighted by Crippen LogP contribution is 2.20. The van der Waals surface area contributed by atoms with Crippen LogP contribution < -0.4 is 0 Å². The lowest BCUT2D eigenvalue weighted by molar-refractivity contribution is 0.733. The van der Waals surface area contributed by atoms with E-state index in [-0.39, 0.29) is 0 Å². The van der Waals surface area contributed by atoms with E-state index in [1.54, 1.807) is 0 Å². The van der Waals surface area contributed by atoms with Gasteiger partial charge >= 0.3 is 0 Å². The molecule has 0 fully saturated rings. The number of benzene rings is 1. The second-order valence-electron chi connectivity index (χ2n) is 3.61. The van der Waals surface area contributed by atoms with Gasteiger partial charge in [0.2, 0.25) is 0 Å². The molecule has 1 aliphatic heterocycles. The van der Waals surface area contributed by atoms with Gasteiger partial charge in [0.1, 0.15) is 10.5 Å². The van der Waals surface area contributed by atoms with Gasteiger partial charge in [-0.05, 0) is 18.6 Å². The number of aryl methyl sites for hydroxylation is 1. The van der Waals surface area contributed by atoms with Crippen molar-refractivity contribution in [2.75, 3.05) is 0 Å². The molecule has 2 aromatic rings. The van der Waals surface area contributed by atoms with E-state index in [0.717, 1.165) is 34.3 Å². The number of nitrogens with zero attached hydrogens (tertiary/aromatic N) is 2. The van der Waals surface area contributed by atoms with Gasteiger partial charge in [0.05, 0.1) is 5.52 Å². The summed E-state index contributed by atoms with van der Waals surface area (Å²) in [5.41, 5.74) is 1.03. The van der Waals surface area contributed by atoms with Gasteiger partial charge in [-0.25, -0.2) is 4.98 Å². The first kappa shape index (κ1) is 8.12. The van der Waals surface area contributed by atoms with Crippen molar-refractivity contribution in [3.8, 4) is 0 Å². The lowest BCUT2D eigenvalue weighted by atomic mass is 10.2. The molecule has 2 heterocycles. The zero-order valence-electron chi connectivity index (χ0n) is 7.73. The molecule has 0 radical (unpaired) electrons. The molecule has 0 aliphatic carbocycles. The maximum absolute atomic E-state index is 5.44. The molecule has 3 heteroatoms. The van der Waals surface area contributed by atoms with Crippen LogP contribution in [0.3, 0.4) is 0 Å². The van der Waals surface area contributed by atoms with Crippen LogP contribution >= 0.6 is 12.2 Å². The van der Waals surface area contributed by atoms with Gasteiger partial charge in [-0.2, -0.15) is 0 Å². The van der Waals surface area contributed by atoms with Crippen molar-refractivity contribution in [3.05, 3.63) is 34.7 Å². The Balaban J connectivity index is 2.50. The van der Waals surface area contributed by atoms with E-state index in [1.165, 1.54) is 6.42 Å². The highest BCUT2D eigenvalue weighted by molar-refractivity contribution is 7.71. The van der Waals surface area contributed by atoms with E-state index in [0.29, 0.717) is 0 Å².